The molecule has 4 aliphatic rings. The summed E-state index contributed by atoms with van der Waals surface area (Å²) in [6.07, 6.45) is -14.2. The van der Waals surface area contributed by atoms with Crippen molar-refractivity contribution in [3.8, 4) is 0 Å². The van der Waals surface area contributed by atoms with Crippen LogP contribution in [-0.4, -0.2) is 139 Å². The first-order valence-corrected chi connectivity index (χ1v) is 24.6. The van der Waals surface area contributed by atoms with Gasteiger partial charge in [-0.3, -0.25) is 28.8 Å². The number of hydrogen-bond donors (Lipinski definition) is 3. The zero-order chi connectivity index (χ0) is 56.0. The molecule has 1 amide bonds. The van der Waals surface area contributed by atoms with E-state index in [1.165, 1.54) is 59.1 Å². The zero-order valence-electron chi connectivity index (χ0n) is 43.4. The van der Waals surface area contributed by atoms with Crippen LogP contribution in [0.25, 0.3) is 0 Å². The van der Waals surface area contributed by atoms with Crippen molar-refractivity contribution in [2.24, 2.45) is 16.7 Å². The van der Waals surface area contributed by atoms with Crippen molar-refractivity contribution in [2.45, 2.75) is 121 Å². The van der Waals surface area contributed by atoms with Crippen LogP contribution in [0.15, 0.2) is 102 Å². The molecule has 1 heterocycles. The van der Waals surface area contributed by atoms with Crippen molar-refractivity contribution in [3.63, 3.8) is 0 Å². The Morgan fingerprint density at radius 2 is 1.34 bits per heavy atom. The average molecular weight is 1070 g/mol. The monoisotopic (exact) mass is 1070 g/mol. The van der Waals surface area contributed by atoms with Gasteiger partial charge in [0.1, 0.15) is 30.0 Å². The summed E-state index contributed by atoms with van der Waals surface area (Å²) in [5, 5.41) is 28.7. The summed E-state index contributed by atoms with van der Waals surface area (Å²) in [6, 6.07) is 22.3. The number of aliphatic hydroxyl groups excluding tert-OH is 1. The highest BCUT2D eigenvalue weighted by Gasteiger charge is 2.79. The van der Waals surface area contributed by atoms with Gasteiger partial charge < -0.3 is 62.9 Å². The van der Waals surface area contributed by atoms with E-state index in [-0.39, 0.29) is 29.1 Å². The van der Waals surface area contributed by atoms with Crippen LogP contribution in [0.5, 0.6) is 0 Å². The number of carbonyl (C=O) groups excluding carboxylic acids is 9. The van der Waals surface area contributed by atoms with Crippen LogP contribution in [0, 0.1) is 16.7 Å². The van der Waals surface area contributed by atoms with Gasteiger partial charge in [-0.1, -0.05) is 80.6 Å². The lowest BCUT2D eigenvalue weighted by Gasteiger charge is -2.67. The van der Waals surface area contributed by atoms with Crippen molar-refractivity contribution in [3.05, 3.63) is 119 Å². The van der Waals surface area contributed by atoms with E-state index in [1.807, 2.05) is 0 Å². The molecule has 0 aromatic heterocycles. The number of rotatable bonds is 18. The summed E-state index contributed by atoms with van der Waals surface area (Å²) in [5.41, 5.74) is -8.31. The van der Waals surface area contributed by atoms with Crippen LogP contribution < -0.4 is 5.32 Å². The summed E-state index contributed by atoms with van der Waals surface area (Å²) < 4.78 is 56.2. The number of esters is 6. The third-order valence-electron chi connectivity index (χ3n) is 15.0. The lowest BCUT2D eigenvalue weighted by Crippen LogP contribution is -2.82. The zero-order valence-corrected chi connectivity index (χ0v) is 43.4. The molecule has 2 saturated carbocycles. The number of aliphatic hydroxyl groups is 2. The lowest BCUT2D eigenvalue weighted by atomic mass is 9.44. The minimum atomic E-state index is -2.58. The van der Waals surface area contributed by atoms with Gasteiger partial charge in [0.25, 0.3) is 5.91 Å². The van der Waals surface area contributed by atoms with Gasteiger partial charge in [0.2, 0.25) is 6.79 Å². The van der Waals surface area contributed by atoms with Crippen molar-refractivity contribution in [2.75, 3.05) is 27.3 Å². The third-order valence-corrected chi connectivity index (χ3v) is 15.0. The van der Waals surface area contributed by atoms with E-state index in [0.29, 0.717) is 5.56 Å². The Balaban J connectivity index is 1.34. The summed E-state index contributed by atoms with van der Waals surface area (Å²) in [4.78, 5) is 124. The fraction of sp³-hybridized carbons (Fsp3) is 0.473. The van der Waals surface area contributed by atoms with Crippen molar-refractivity contribution in [1.29, 1.82) is 0 Å². The average Bonchev–Trinajstić information content (AvgIpc) is 3.57. The largest absolute Gasteiger partial charge is 0.511 e. The maximum absolute atomic E-state index is 16.2. The highest BCUT2D eigenvalue weighted by atomic mass is 16.8. The van der Waals surface area contributed by atoms with Gasteiger partial charge >= 0.3 is 42.0 Å². The molecule has 412 valence electrons. The van der Waals surface area contributed by atoms with E-state index in [0.717, 1.165) is 13.8 Å². The number of benzene rings is 3. The van der Waals surface area contributed by atoms with Gasteiger partial charge in [0.05, 0.1) is 42.4 Å². The summed E-state index contributed by atoms with van der Waals surface area (Å²) in [6.45, 7) is 5.99. The quantitative estimate of drug-likeness (QED) is 0.0691. The summed E-state index contributed by atoms with van der Waals surface area (Å²) >= 11 is 0. The van der Waals surface area contributed by atoms with Crippen LogP contribution >= 0.6 is 0 Å². The van der Waals surface area contributed by atoms with E-state index in [9.17, 15) is 48.6 Å². The molecule has 3 aromatic carbocycles. The first-order valence-electron chi connectivity index (χ1n) is 24.6. The first-order chi connectivity index (χ1) is 36.5. The number of amides is 1. The number of hydrogen-bond acceptors (Lipinski definition) is 21. The SMILES string of the molecule is COCOC(=O)CCC(=O)OCOC(=O)O[C@H]1C[C@H]2OC[C@@]2(OC(C)=O)C2[C@H](OC(=O)c3ccccc3)[C@]3(O)C[C@H](OC(=O)[C@H](O)[C@@H](NC(=O)c4ccccc4)c4ccccc4)C(C)=C([C@@H](OC(C)=O)C(=O)[C@@]21C)C3(C)C. The molecule has 0 spiro atoms. The van der Waals surface area contributed by atoms with Crippen LogP contribution in [-0.2, 0) is 76.1 Å². The van der Waals surface area contributed by atoms with Gasteiger partial charge in [-0.15, -0.1) is 0 Å². The van der Waals surface area contributed by atoms with Crippen molar-refractivity contribution in [1.82, 2.24) is 5.32 Å². The molecule has 22 nitrogen and oxygen atoms in total. The van der Waals surface area contributed by atoms with Crippen LogP contribution in [0.1, 0.15) is 99.5 Å². The molecule has 7 rings (SSSR count). The maximum atomic E-state index is 16.2. The Morgan fingerprint density at radius 1 is 0.753 bits per heavy atom. The molecule has 1 saturated heterocycles. The van der Waals surface area contributed by atoms with Gasteiger partial charge in [-0.25, -0.2) is 14.4 Å². The molecule has 22 heteroatoms. The molecule has 3 fully saturated rings. The van der Waals surface area contributed by atoms with E-state index in [1.54, 1.807) is 66.7 Å². The number of ketones is 1. The molecule has 2 bridgehead atoms. The Bertz CT molecular complexity index is 2770. The van der Waals surface area contributed by atoms with E-state index in [2.05, 4.69) is 10.1 Å². The molecule has 3 aliphatic carbocycles. The van der Waals surface area contributed by atoms with E-state index in [4.69, 9.17) is 42.6 Å². The molecule has 77 heavy (non-hydrogen) atoms. The number of ether oxygens (including phenoxy) is 10. The second-order valence-electron chi connectivity index (χ2n) is 19.9. The van der Waals surface area contributed by atoms with Gasteiger partial charge in [-0.05, 0) is 54.8 Å². The van der Waals surface area contributed by atoms with Gasteiger partial charge in [-0.2, -0.15) is 0 Å². The van der Waals surface area contributed by atoms with E-state index >= 15 is 4.79 Å². The highest BCUT2D eigenvalue weighted by molar-refractivity contribution is 5.96. The van der Waals surface area contributed by atoms with Crippen molar-refractivity contribution < 1.29 is 101 Å². The van der Waals surface area contributed by atoms with Gasteiger partial charge in [0, 0.05) is 44.8 Å². The molecule has 3 N–H and O–H groups in total. The van der Waals surface area contributed by atoms with Crippen molar-refractivity contribution >= 4 is 53.7 Å². The Hall–Kier alpha value is -7.53. The standard InChI is InChI=1S/C55H61NO21/c1-30-36(74-50(65)43(61)42(33-17-11-8-12-18-33)56-48(63)34-19-13-9-14-20-34)26-55(67)47(76-49(64)35-21-15-10-16-22-35)45-53(6,46(62)44(73-31(2)57)41(30)52(55,4)5)37(25-38-54(45,27-69-38)77-32(3)58)75-51(66)72-29-71-40(60)24-23-39(59)70-28-68-7/h8-22,36-38,42-45,47,61,67H,23-29H2,1-7H3,(H,56,63)/t36-,37-,38+,42-,43+,44+,45?,47-,53+,54-,55+/m0/s1. The molecule has 0 radical (unpaired) electrons. The van der Waals surface area contributed by atoms with E-state index < -0.39 is 163 Å². The first kappa shape index (κ1) is 57.2. The summed E-state index contributed by atoms with van der Waals surface area (Å²) in [7, 11) is 1.30. The molecule has 11 atom stereocenters. The smallest absolute Gasteiger partial charge is 0.456 e. The minimum Gasteiger partial charge on any atom is -0.456 e. The molecular weight excluding hydrogens is 1010 g/mol. The number of fused-ring (bicyclic) bond motifs is 5. The second-order valence-corrected chi connectivity index (χ2v) is 19.9. The highest BCUT2D eigenvalue weighted by Crippen LogP contribution is 2.65. The lowest BCUT2D eigenvalue weighted by molar-refractivity contribution is -0.346. The minimum absolute atomic E-state index is 0.0308. The predicted octanol–water partition coefficient (Wildman–Crippen LogP) is 4.32. The van der Waals surface area contributed by atoms with Crippen LogP contribution in [0.4, 0.5) is 4.79 Å². The third kappa shape index (κ3) is 11.5. The summed E-state index contributed by atoms with van der Waals surface area (Å²) in [5.74, 6) is -9.46. The Labute approximate surface area is 442 Å². The van der Waals surface area contributed by atoms with Crippen LogP contribution in [0.2, 0.25) is 0 Å². The van der Waals surface area contributed by atoms with Gasteiger partial charge in [0.15, 0.2) is 30.4 Å². The maximum Gasteiger partial charge on any atom is 0.511 e. The van der Waals surface area contributed by atoms with Crippen LogP contribution in [0.3, 0.4) is 0 Å². The normalized spacial score (nSPS) is 27.6. The number of methoxy groups -OCH3 is 1. The number of carbonyl (C=O) groups is 9. The molecule has 1 aliphatic heterocycles. The number of Topliss-reactive ketones (excluding diaryl/α,β-unsaturated/α-hetero) is 1. The fourth-order valence-corrected chi connectivity index (χ4v) is 11.1. The number of nitrogens with one attached hydrogen (secondary N) is 1. The molecular formula is C55H61NO21. The Kier molecular flexibility index (Phi) is 17.4. The predicted molar refractivity (Wildman–Crippen MR) is 261 cm³/mol. The topological polar surface area (TPSA) is 298 Å². The molecule has 1 unspecified atom stereocenters. The second kappa shape index (κ2) is 23.4. The Morgan fingerprint density at radius 3 is 1.90 bits per heavy atom. The fourth-order valence-electron chi connectivity index (χ4n) is 11.1. The molecule has 3 aromatic rings.